The highest BCUT2D eigenvalue weighted by atomic mass is 32.2. The predicted octanol–water partition coefficient (Wildman–Crippen LogP) is 2.51. The van der Waals surface area contributed by atoms with E-state index in [4.69, 9.17) is 4.84 Å². The zero-order valence-electron chi connectivity index (χ0n) is 13.4. The van der Waals surface area contributed by atoms with E-state index in [9.17, 15) is 13.8 Å². The summed E-state index contributed by atoms with van der Waals surface area (Å²) < 4.78 is 12.9. The number of carbonyl (C=O) groups excluding carboxylic acids is 2. The van der Waals surface area contributed by atoms with Gasteiger partial charge in [0.15, 0.2) is 0 Å². The van der Waals surface area contributed by atoms with Crippen LogP contribution in [0.2, 0.25) is 0 Å². The molecule has 24 heavy (non-hydrogen) atoms. The van der Waals surface area contributed by atoms with Crippen LogP contribution in [-0.2, 0) is 27.0 Å². The number of benzene rings is 2. The molecule has 0 fully saturated rings. The van der Waals surface area contributed by atoms with Gasteiger partial charge in [-0.15, -0.1) is 0 Å². The maximum atomic E-state index is 12.2. The Morgan fingerprint density at radius 1 is 1.12 bits per heavy atom. The smallest absolute Gasteiger partial charge is 0.339 e. The van der Waals surface area contributed by atoms with Crippen LogP contribution in [0, 0.1) is 6.92 Å². The second-order valence-corrected chi connectivity index (χ2v) is 6.31. The molecule has 1 atom stereocenters. The van der Waals surface area contributed by atoms with E-state index >= 15 is 0 Å². The molecule has 2 amide bonds. The molecule has 6 nitrogen and oxygen atoms in total. The van der Waals surface area contributed by atoms with Crippen LogP contribution in [0.5, 0.6) is 0 Å². The fourth-order valence-corrected chi connectivity index (χ4v) is 2.76. The third-order valence-corrected chi connectivity index (χ3v) is 4.01. The Morgan fingerprint density at radius 3 is 2.46 bits per heavy atom. The third kappa shape index (κ3) is 4.92. The second kappa shape index (κ2) is 8.26. The first-order valence-electron chi connectivity index (χ1n) is 7.21. The van der Waals surface area contributed by atoms with Gasteiger partial charge in [-0.05, 0) is 30.2 Å². The van der Waals surface area contributed by atoms with E-state index in [-0.39, 0.29) is 6.42 Å². The molecular weight excluding hydrogens is 328 g/mol. The number of hydrogen-bond donors (Lipinski definition) is 1. The van der Waals surface area contributed by atoms with Crippen molar-refractivity contribution in [3.8, 4) is 0 Å². The summed E-state index contributed by atoms with van der Waals surface area (Å²) in [5.41, 5.74) is 4.18. The molecule has 0 aliphatic heterocycles. The van der Waals surface area contributed by atoms with Crippen LogP contribution in [0.3, 0.4) is 0 Å². The lowest BCUT2D eigenvalue weighted by Gasteiger charge is -2.19. The Balaban J connectivity index is 1.98. The van der Waals surface area contributed by atoms with Crippen molar-refractivity contribution in [2.75, 3.05) is 10.6 Å². The molecule has 0 bridgehead atoms. The normalized spacial score (nSPS) is 11.4. The fraction of sp³-hybridized carbons (Fsp3) is 0.176. The molecule has 0 heterocycles. The maximum Gasteiger partial charge on any atom is 0.367 e. The van der Waals surface area contributed by atoms with E-state index in [2.05, 4.69) is 0 Å². The van der Waals surface area contributed by atoms with Gasteiger partial charge in [0.05, 0.1) is 12.1 Å². The summed E-state index contributed by atoms with van der Waals surface area (Å²) >= 11 is 0. The molecule has 1 unspecified atom stereocenters. The van der Waals surface area contributed by atoms with Gasteiger partial charge in [0, 0.05) is 6.26 Å². The largest absolute Gasteiger partial charge is 0.367 e. The molecule has 0 saturated heterocycles. The Labute approximate surface area is 143 Å². The number of aryl methyl sites for hydroxylation is 1. The van der Waals surface area contributed by atoms with Gasteiger partial charge in [0.25, 0.3) is 0 Å². The standard InChI is InChI=1S/C17H18N2O4S/c1-13-7-6-10-15(11-13)19(24(2)22)17(21)18-23-16(20)12-14-8-4-3-5-9-14/h3-11H,12H2,1-2H3,(H,18,21). The summed E-state index contributed by atoms with van der Waals surface area (Å²) in [4.78, 5) is 28.7. The quantitative estimate of drug-likeness (QED) is 0.863. The molecule has 0 spiro atoms. The molecule has 2 aromatic carbocycles. The third-order valence-electron chi connectivity index (χ3n) is 3.12. The molecule has 0 aromatic heterocycles. The lowest BCUT2D eigenvalue weighted by molar-refractivity contribution is -0.147. The highest BCUT2D eigenvalue weighted by molar-refractivity contribution is 7.86. The minimum atomic E-state index is -1.62. The summed E-state index contributed by atoms with van der Waals surface area (Å²) in [6.45, 7) is 1.86. The SMILES string of the molecule is Cc1cccc(N(C(=O)NOC(=O)Cc2ccccc2)S(C)=O)c1. The van der Waals surface area contributed by atoms with Crippen molar-refractivity contribution in [3.05, 3.63) is 65.7 Å². The number of hydrogen-bond acceptors (Lipinski definition) is 4. The first kappa shape index (κ1) is 17.7. The molecule has 2 aromatic rings. The number of hydroxylamine groups is 1. The molecule has 7 heteroatoms. The van der Waals surface area contributed by atoms with Crippen LogP contribution in [0.15, 0.2) is 54.6 Å². The molecule has 0 aliphatic carbocycles. The molecule has 0 saturated carbocycles. The molecule has 2 rings (SSSR count). The Morgan fingerprint density at radius 2 is 1.83 bits per heavy atom. The van der Waals surface area contributed by atoms with Crippen molar-refractivity contribution >= 4 is 28.7 Å². The molecule has 0 radical (unpaired) electrons. The average molecular weight is 346 g/mol. The van der Waals surface area contributed by atoms with Crippen LogP contribution >= 0.6 is 0 Å². The summed E-state index contributed by atoms with van der Waals surface area (Å²) in [5.74, 6) is -0.611. The molecular formula is C17H18N2O4S. The average Bonchev–Trinajstić information content (AvgIpc) is 2.54. The number of nitrogens with zero attached hydrogens (tertiary/aromatic N) is 1. The second-order valence-electron chi connectivity index (χ2n) is 5.10. The monoisotopic (exact) mass is 346 g/mol. The highest BCUT2D eigenvalue weighted by Gasteiger charge is 2.21. The van der Waals surface area contributed by atoms with Gasteiger partial charge in [-0.3, -0.25) is 0 Å². The minimum Gasteiger partial charge on any atom is -0.339 e. The summed E-state index contributed by atoms with van der Waals surface area (Å²) in [6.07, 6.45) is 1.40. The van der Waals surface area contributed by atoms with E-state index in [0.717, 1.165) is 15.4 Å². The summed E-state index contributed by atoms with van der Waals surface area (Å²) in [6, 6.07) is 15.2. The van der Waals surface area contributed by atoms with Crippen LogP contribution in [-0.4, -0.2) is 22.5 Å². The van der Waals surface area contributed by atoms with E-state index in [1.54, 1.807) is 42.5 Å². The van der Waals surface area contributed by atoms with Gasteiger partial charge < -0.3 is 4.84 Å². The van der Waals surface area contributed by atoms with Crippen LogP contribution in [0.25, 0.3) is 0 Å². The first-order chi connectivity index (χ1) is 11.5. The van der Waals surface area contributed by atoms with Crippen LogP contribution < -0.4 is 9.79 Å². The lowest BCUT2D eigenvalue weighted by atomic mass is 10.2. The number of nitrogens with one attached hydrogen (secondary N) is 1. The maximum absolute atomic E-state index is 12.2. The van der Waals surface area contributed by atoms with Crippen molar-refractivity contribution in [2.24, 2.45) is 0 Å². The number of carbonyl (C=O) groups is 2. The fourth-order valence-electron chi connectivity index (χ4n) is 2.08. The van der Waals surface area contributed by atoms with Gasteiger partial charge in [0.2, 0.25) is 0 Å². The molecule has 1 N–H and O–H groups in total. The molecule has 0 aliphatic rings. The van der Waals surface area contributed by atoms with E-state index in [1.165, 1.54) is 6.26 Å². The number of amides is 2. The number of urea groups is 1. The minimum absolute atomic E-state index is 0.0286. The number of rotatable bonds is 4. The van der Waals surface area contributed by atoms with Gasteiger partial charge in [-0.1, -0.05) is 42.5 Å². The van der Waals surface area contributed by atoms with Crippen LogP contribution in [0.1, 0.15) is 11.1 Å². The highest BCUT2D eigenvalue weighted by Crippen LogP contribution is 2.17. The van der Waals surface area contributed by atoms with Crippen molar-refractivity contribution in [1.29, 1.82) is 0 Å². The topological polar surface area (TPSA) is 75.7 Å². The van der Waals surface area contributed by atoms with Gasteiger partial charge >= 0.3 is 12.0 Å². The van der Waals surface area contributed by atoms with Crippen molar-refractivity contribution in [1.82, 2.24) is 5.48 Å². The van der Waals surface area contributed by atoms with Crippen LogP contribution in [0.4, 0.5) is 10.5 Å². The summed E-state index contributed by atoms with van der Waals surface area (Å²) in [5, 5.41) is 0. The van der Waals surface area contributed by atoms with Crippen molar-refractivity contribution in [3.63, 3.8) is 0 Å². The lowest BCUT2D eigenvalue weighted by Crippen LogP contribution is -2.42. The predicted molar refractivity (Wildman–Crippen MR) is 92.5 cm³/mol. The first-order valence-corrected chi connectivity index (χ1v) is 8.73. The Kier molecular flexibility index (Phi) is 6.08. The molecule has 126 valence electrons. The number of anilines is 1. The zero-order valence-corrected chi connectivity index (χ0v) is 14.2. The Bertz CT molecular complexity index is 749. The van der Waals surface area contributed by atoms with Gasteiger partial charge in [0.1, 0.15) is 11.0 Å². The van der Waals surface area contributed by atoms with E-state index in [1.807, 2.05) is 24.5 Å². The van der Waals surface area contributed by atoms with Crippen molar-refractivity contribution in [2.45, 2.75) is 13.3 Å². The van der Waals surface area contributed by atoms with E-state index < -0.39 is 23.0 Å². The zero-order chi connectivity index (χ0) is 17.5. The van der Waals surface area contributed by atoms with Crippen molar-refractivity contribution < 1.29 is 18.6 Å². The van der Waals surface area contributed by atoms with Gasteiger partial charge in [-0.25, -0.2) is 18.1 Å². The summed E-state index contributed by atoms with van der Waals surface area (Å²) in [7, 11) is -1.62. The Hall–Kier alpha value is -2.67. The van der Waals surface area contributed by atoms with Gasteiger partial charge in [-0.2, -0.15) is 5.48 Å². The van der Waals surface area contributed by atoms with E-state index in [0.29, 0.717) is 5.69 Å².